The third-order valence-electron chi connectivity index (χ3n) is 2.85. The van der Waals surface area contributed by atoms with E-state index in [0.29, 0.717) is 16.4 Å². The molecule has 0 aliphatic carbocycles. The van der Waals surface area contributed by atoms with Crippen LogP contribution in [0.15, 0.2) is 40.8 Å². The number of para-hydroxylation sites is 1. The Bertz CT molecular complexity index is 837. The molecule has 0 spiro atoms. The van der Waals surface area contributed by atoms with Gasteiger partial charge in [0.1, 0.15) is 5.58 Å². The molecule has 0 bridgehead atoms. The molecular formula is C12H6N2O5. The van der Waals surface area contributed by atoms with Crippen molar-refractivity contribution in [3.63, 3.8) is 0 Å². The van der Waals surface area contributed by atoms with Crippen LogP contribution in [0.1, 0.15) is 0 Å². The van der Waals surface area contributed by atoms with Crippen LogP contribution in [0.3, 0.4) is 0 Å². The molecule has 0 fully saturated rings. The van der Waals surface area contributed by atoms with E-state index in [2.05, 4.69) is 0 Å². The van der Waals surface area contributed by atoms with Gasteiger partial charge in [-0.15, -0.1) is 0 Å². The molecule has 0 amide bonds. The second-order valence-corrected chi connectivity index (χ2v) is 3.95. The molecule has 0 unspecified atom stereocenters. The van der Waals surface area contributed by atoms with E-state index in [1.54, 1.807) is 24.3 Å². The first-order valence-corrected chi connectivity index (χ1v) is 5.32. The van der Waals surface area contributed by atoms with Gasteiger partial charge in [-0.2, -0.15) is 0 Å². The summed E-state index contributed by atoms with van der Waals surface area (Å²) in [5.41, 5.74) is -0.218. The summed E-state index contributed by atoms with van der Waals surface area (Å²) >= 11 is 0. The van der Waals surface area contributed by atoms with Gasteiger partial charge in [-0.05, 0) is 6.07 Å². The van der Waals surface area contributed by atoms with Gasteiger partial charge in [0, 0.05) is 16.8 Å². The van der Waals surface area contributed by atoms with E-state index in [-0.39, 0.29) is 11.3 Å². The number of fused-ring (bicyclic) bond motifs is 3. The van der Waals surface area contributed by atoms with E-state index in [4.69, 9.17) is 4.42 Å². The summed E-state index contributed by atoms with van der Waals surface area (Å²) in [4.78, 5) is 20.5. The Morgan fingerprint density at radius 2 is 1.68 bits per heavy atom. The maximum atomic E-state index is 11.0. The predicted octanol–water partition coefficient (Wildman–Crippen LogP) is 3.40. The van der Waals surface area contributed by atoms with Crippen LogP contribution in [0, 0.1) is 20.2 Å². The van der Waals surface area contributed by atoms with Crippen molar-refractivity contribution in [1.82, 2.24) is 0 Å². The van der Waals surface area contributed by atoms with Crippen LogP contribution in [0.5, 0.6) is 0 Å². The minimum absolute atomic E-state index is 0.0526. The van der Waals surface area contributed by atoms with Crippen molar-refractivity contribution in [3.8, 4) is 0 Å². The second-order valence-electron chi connectivity index (χ2n) is 3.95. The number of benzene rings is 2. The van der Waals surface area contributed by atoms with Crippen molar-refractivity contribution in [2.75, 3.05) is 0 Å². The van der Waals surface area contributed by atoms with Crippen molar-refractivity contribution in [3.05, 3.63) is 56.6 Å². The molecule has 0 aliphatic rings. The molecular weight excluding hydrogens is 252 g/mol. The molecule has 0 saturated carbocycles. The van der Waals surface area contributed by atoms with E-state index < -0.39 is 15.5 Å². The summed E-state index contributed by atoms with van der Waals surface area (Å²) in [6.45, 7) is 0. The number of rotatable bonds is 2. The van der Waals surface area contributed by atoms with E-state index in [1.165, 1.54) is 6.07 Å². The quantitative estimate of drug-likeness (QED) is 0.518. The number of nitrogens with zero attached hydrogens (tertiary/aromatic N) is 2. The largest absolute Gasteiger partial charge is 0.449 e. The Hall–Kier alpha value is -2.96. The highest BCUT2D eigenvalue weighted by atomic mass is 16.6. The van der Waals surface area contributed by atoms with E-state index in [0.717, 1.165) is 6.07 Å². The first-order valence-electron chi connectivity index (χ1n) is 5.32. The zero-order valence-corrected chi connectivity index (χ0v) is 9.40. The van der Waals surface area contributed by atoms with Gasteiger partial charge in [0.05, 0.1) is 15.9 Å². The maximum Gasteiger partial charge on any atom is 0.319 e. The number of furan rings is 1. The van der Waals surface area contributed by atoms with Crippen LogP contribution >= 0.6 is 0 Å². The Kier molecular flexibility index (Phi) is 2.21. The third-order valence-corrected chi connectivity index (χ3v) is 2.85. The van der Waals surface area contributed by atoms with Crippen molar-refractivity contribution in [2.24, 2.45) is 0 Å². The molecule has 94 valence electrons. The standard InChI is InChI=1S/C12H6N2O5/c15-13(16)7-5-9-8-3-1-2-4-11(8)19-12(9)10(6-7)14(17)18/h1-6H. The number of non-ortho nitro benzene ring substituents is 2. The molecule has 2 aromatic carbocycles. The van der Waals surface area contributed by atoms with Gasteiger partial charge in [-0.25, -0.2) is 0 Å². The summed E-state index contributed by atoms with van der Waals surface area (Å²) in [5.74, 6) is 0. The highest BCUT2D eigenvalue weighted by Gasteiger charge is 2.23. The molecule has 1 aromatic heterocycles. The fourth-order valence-electron chi connectivity index (χ4n) is 2.04. The van der Waals surface area contributed by atoms with Crippen molar-refractivity contribution < 1.29 is 14.3 Å². The first-order chi connectivity index (χ1) is 9.08. The molecule has 3 aromatic rings. The molecule has 0 atom stereocenters. The number of hydrogen-bond acceptors (Lipinski definition) is 5. The highest BCUT2D eigenvalue weighted by molar-refractivity contribution is 6.08. The van der Waals surface area contributed by atoms with Gasteiger partial charge in [-0.3, -0.25) is 20.2 Å². The first kappa shape index (κ1) is 11.1. The minimum atomic E-state index is -0.683. The van der Waals surface area contributed by atoms with E-state index in [1.807, 2.05) is 0 Å². The Labute approximate surface area is 105 Å². The lowest BCUT2D eigenvalue weighted by Gasteiger charge is -1.94. The SMILES string of the molecule is O=[N+]([O-])c1cc([N+](=O)[O-])c2oc3ccccc3c2c1. The molecule has 7 heteroatoms. The number of nitro benzene ring substituents is 2. The zero-order valence-electron chi connectivity index (χ0n) is 9.40. The topological polar surface area (TPSA) is 99.4 Å². The van der Waals surface area contributed by atoms with Gasteiger partial charge in [0.15, 0.2) is 0 Å². The molecule has 7 nitrogen and oxygen atoms in total. The van der Waals surface area contributed by atoms with Crippen LogP contribution < -0.4 is 0 Å². The molecule has 0 aliphatic heterocycles. The molecule has 19 heavy (non-hydrogen) atoms. The van der Waals surface area contributed by atoms with Gasteiger partial charge in [0.25, 0.3) is 5.69 Å². The fourth-order valence-corrected chi connectivity index (χ4v) is 2.04. The van der Waals surface area contributed by atoms with Crippen LogP contribution in [-0.2, 0) is 0 Å². The average molecular weight is 258 g/mol. The van der Waals surface area contributed by atoms with Crippen LogP contribution in [-0.4, -0.2) is 9.85 Å². The zero-order chi connectivity index (χ0) is 13.6. The van der Waals surface area contributed by atoms with Crippen LogP contribution in [0.25, 0.3) is 21.9 Å². The van der Waals surface area contributed by atoms with E-state index >= 15 is 0 Å². The Morgan fingerprint density at radius 3 is 2.37 bits per heavy atom. The normalized spacial score (nSPS) is 10.9. The summed E-state index contributed by atoms with van der Waals surface area (Å²) in [6, 6.07) is 9.02. The lowest BCUT2D eigenvalue weighted by Crippen LogP contribution is -1.92. The molecule has 0 N–H and O–H groups in total. The molecule has 3 rings (SSSR count). The summed E-state index contributed by atoms with van der Waals surface area (Å²) in [6.07, 6.45) is 0. The van der Waals surface area contributed by atoms with Gasteiger partial charge in [-0.1, -0.05) is 18.2 Å². The van der Waals surface area contributed by atoms with Crippen molar-refractivity contribution >= 4 is 33.3 Å². The predicted molar refractivity (Wildman–Crippen MR) is 67.0 cm³/mol. The average Bonchev–Trinajstić information content (AvgIpc) is 2.75. The Morgan fingerprint density at radius 1 is 0.947 bits per heavy atom. The number of nitro groups is 2. The van der Waals surface area contributed by atoms with Gasteiger partial charge < -0.3 is 4.42 Å². The molecule has 0 radical (unpaired) electrons. The van der Waals surface area contributed by atoms with Crippen molar-refractivity contribution in [1.29, 1.82) is 0 Å². The summed E-state index contributed by atoms with van der Waals surface area (Å²) in [5, 5.41) is 22.8. The monoisotopic (exact) mass is 258 g/mol. The smallest absolute Gasteiger partial charge is 0.319 e. The minimum Gasteiger partial charge on any atom is -0.449 e. The summed E-state index contributed by atoms with van der Waals surface area (Å²) in [7, 11) is 0. The van der Waals surface area contributed by atoms with Crippen molar-refractivity contribution in [2.45, 2.75) is 0 Å². The highest BCUT2D eigenvalue weighted by Crippen LogP contribution is 2.37. The molecule has 1 heterocycles. The van der Waals surface area contributed by atoms with Gasteiger partial charge in [0.2, 0.25) is 5.58 Å². The van der Waals surface area contributed by atoms with Gasteiger partial charge >= 0.3 is 5.69 Å². The van der Waals surface area contributed by atoms with Crippen LogP contribution in [0.2, 0.25) is 0 Å². The number of hydrogen-bond donors (Lipinski definition) is 0. The Balaban J connectivity index is 2.52. The molecule has 0 saturated heterocycles. The lowest BCUT2D eigenvalue weighted by molar-refractivity contribution is -0.393. The van der Waals surface area contributed by atoms with E-state index in [9.17, 15) is 20.2 Å². The maximum absolute atomic E-state index is 11.0. The summed E-state index contributed by atoms with van der Waals surface area (Å²) < 4.78 is 5.42. The fraction of sp³-hybridized carbons (Fsp3) is 0. The lowest BCUT2D eigenvalue weighted by atomic mass is 10.1. The third kappa shape index (κ3) is 1.60. The second kappa shape index (κ2) is 3.77. The van der Waals surface area contributed by atoms with Crippen LogP contribution in [0.4, 0.5) is 11.4 Å².